The molecule has 0 aromatic heterocycles. The number of alkyl halides is 3. The largest absolute Gasteiger partial charge is 0.416 e. The number of piperidine rings is 1. The molecule has 4 nitrogen and oxygen atoms in total. The van der Waals surface area contributed by atoms with Gasteiger partial charge in [-0.3, -0.25) is 9.59 Å². The zero-order valence-corrected chi connectivity index (χ0v) is 14.9. The van der Waals surface area contributed by atoms with E-state index in [0.29, 0.717) is 23.8 Å². The number of carbonyl (C=O) groups excluding carboxylic acids is 2. The standard InChI is InChI=1S/C19H23F3N2O2/c1-23-11-14-9-16(8-13(14)10-17(23)25)24(2)18(26)7-12-3-5-15(6-4-12)19(20,21)22/h3-6,13-14,16H,7-11H2,1-2H3/t13-,14+,16-/m1/s1. The lowest BCUT2D eigenvalue weighted by molar-refractivity contribution is -0.137. The van der Waals surface area contributed by atoms with Crippen molar-refractivity contribution in [3.63, 3.8) is 0 Å². The maximum Gasteiger partial charge on any atom is 0.416 e. The molecule has 1 aromatic rings. The number of nitrogens with zero attached hydrogens (tertiary/aromatic N) is 2. The lowest BCUT2D eigenvalue weighted by Gasteiger charge is -2.31. The number of likely N-dealkylation sites (N-methyl/N-ethyl adjacent to an activating group) is 1. The third-order valence-corrected chi connectivity index (χ3v) is 5.76. The van der Waals surface area contributed by atoms with Crippen molar-refractivity contribution in [2.45, 2.75) is 37.9 Å². The first-order valence-electron chi connectivity index (χ1n) is 8.81. The molecular weight excluding hydrogens is 345 g/mol. The van der Waals surface area contributed by atoms with E-state index in [-0.39, 0.29) is 24.3 Å². The number of likely N-dealkylation sites (tertiary alicyclic amines) is 1. The molecule has 0 bridgehead atoms. The second-order valence-electron chi connectivity index (χ2n) is 7.50. The van der Waals surface area contributed by atoms with Gasteiger partial charge >= 0.3 is 6.18 Å². The molecule has 7 heteroatoms. The Morgan fingerprint density at radius 1 is 1.19 bits per heavy atom. The van der Waals surface area contributed by atoms with Crippen molar-refractivity contribution in [3.05, 3.63) is 35.4 Å². The summed E-state index contributed by atoms with van der Waals surface area (Å²) in [5.41, 5.74) is -0.143. The van der Waals surface area contributed by atoms with E-state index >= 15 is 0 Å². The van der Waals surface area contributed by atoms with Crippen LogP contribution in [0.2, 0.25) is 0 Å². The van der Waals surface area contributed by atoms with Crippen LogP contribution < -0.4 is 0 Å². The molecule has 0 spiro atoms. The molecule has 142 valence electrons. The van der Waals surface area contributed by atoms with Gasteiger partial charge in [-0.15, -0.1) is 0 Å². The predicted molar refractivity (Wildman–Crippen MR) is 90.2 cm³/mol. The number of benzene rings is 1. The van der Waals surface area contributed by atoms with Crippen molar-refractivity contribution in [3.8, 4) is 0 Å². The van der Waals surface area contributed by atoms with Crippen LogP contribution in [0, 0.1) is 11.8 Å². The van der Waals surface area contributed by atoms with E-state index in [1.807, 2.05) is 7.05 Å². The van der Waals surface area contributed by atoms with Crippen LogP contribution in [0.25, 0.3) is 0 Å². The van der Waals surface area contributed by atoms with Gasteiger partial charge in [0.1, 0.15) is 0 Å². The zero-order chi connectivity index (χ0) is 19.1. The van der Waals surface area contributed by atoms with Gasteiger partial charge in [-0.25, -0.2) is 0 Å². The smallest absolute Gasteiger partial charge is 0.345 e. The van der Waals surface area contributed by atoms with Crippen molar-refractivity contribution in [1.82, 2.24) is 9.80 Å². The molecule has 1 saturated heterocycles. The molecule has 1 aromatic carbocycles. The SMILES string of the molecule is CN1C[C@@H]2C[C@H](N(C)C(=O)Cc3ccc(C(F)(F)F)cc3)C[C@@H]2CC1=O. The summed E-state index contributed by atoms with van der Waals surface area (Å²) in [6.07, 6.45) is -2.06. The Bertz CT molecular complexity index is 687. The molecule has 3 atom stereocenters. The van der Waals surface area contributed by atoms with Gasteiger partial charge in [-0.1, -0.05) is 12.1 Å². The molecule has 1 aliphatic heterocycles. The molecule has 0 radical (unpaired) electrons. The molecule has 26 heavy (non-hydrogen) atoms. The molecule has 2 aliphatic rings. The van der Waals surface area contributed by atoms with Crippen LogP contribution in [0.4, 0.5) is 13.2 Å². The fourth-order valence-corrected chi connectivity index (χ4v) is 4.12. The van der Waals surface area contributed by atoms with E-state index in [4.69, 9.17) is 0 Å². The van der Waals surface area contributed by atoms with Crippen LogP contribution in [-0.4, -0.2) is 48.3 Å². The lowest BCUT2D eigenvalue weighted by atomic mass is 9.88. The molecule has 1 aliphatic carbocycles. The highest BCUT2D eigenvalue weighted by Gasteiger charge is 2.42. The van der Waals surface area contributed by atoms with Crippen molar-refractivity contribution in [2.24, 2.45) is 11.8 Å². The van der Waals surface area contributed by atoms with Crippen molar-refractivity contribution >= 4 is 11.8 Å². The number of hydrogen-bond donors (Lipinski definition) is 0. The Morgan fingerprint density at radius 3 is 2.42 bits per heavy atom. The summed E-state index contributed by atoms with van der Waals surface area (Å²) >= 11 is 0. The van der Waals surface area contributed by atoms with E-state index in [1.54, 1.807) is 16.8 Å². The summed E-state index contributed by atoms with van der Waals surface area (Å²) in [4.78, 5) is 27.9. The van der Waals surface area contributed by atoms with Gasteiger partial charge in [0.25, 0.3) is 0 Å². The van der Waals surface area contributed by atoms with Gasteiger partial charge in [0, 0.05) is 33.1 Å². The van der Waals surface area contributed by atoms with Gasteiger partial charge in [0.2, 0.25) is 11.8 Å². The lowest BCUT2D eigenvalue weighted by Crippen LogP contribution is -2.40. The molecular formula is C19H23F3N2O2. The summed E-state index contributed by atoms with van der Waals surface area (Å²) < 4.78 is 37.8. The summed E-state index contributed by atoms with van der Waals surface area (Å²) in [6.45, 7) is 0.737. The second kappa shape index (κ2) is 6.93. The minimum atomic E-state index is -4.37. The normalized spacial score (nSPS) is 26.0. The van der Waals surface area contributed by atoms with E-state index in [1.165, 1.54) is 12.1 Å². The first-order chi connectivity index (χ1) is 12.1. The Labute approximate surface area is 151 Å². The van der Waals surface area contributed by atoms with E-state index in [2.05, 4.69) is 0 Å². The number of halogens is 3. The van der Waals surface area contributed by atoms with Crippen LogP contribution in [0.5, 0.6) is 0 Å². The quantitative estimate of drug-likeness (QED) is 0.823. The Hall–Kier alpha value is -2.05. The van der Waals surface area contributed by atoms with Gasteiger partial charge in [0.05, 0.1) is 12.0 Å². The third kappa shape index (κ3) is 3.86. The predicted octanol–water partition coefficient (Wildman–Crippen LogP) is 2.96. The summed E-state index contributed by atoms with van der Waals surface area (Å²) in [5.74, 6) is 0.799. The fourth-order valence-electron chi connectivity index (χ4n) is 4.12. The molecule has 2 fully saturated rings. The minimum Gasteiger partial charge on any atom is -0.345 e. The number of rotatable bonds is 3. The topological polar surface area (TPSA) is 40.6 Å². The number of fused-ring (bicyclic) bond motifs is 1. The van der Waals surface area contributed by atoms with E-state index in [9.17, 15) is 22.8 Å². The molecule has 3 rings (SSSR count). The highest BCUT2D eigenvalue weighted by molar-refractivity contribution is 5.79. The Kier molecular flexibility index (Phi) is 4.99. The van der Waals surface area contributed by atoms with E-state index in [0.717, 1.165) is 31.5 Å². The molecule has 1 saturated carbocycles. The summed E-state index contributed by atoms with van der Waals surface area (Å²) in [7, 11) is 3.56. The minimum absolute atomic E-state index is 0.0826. The van der Waals surface area contributed by atoms with Crippen LogP contribution in [-0.2, 0) is 22.2 Å². The zero-order valence-electron chi connectivity index (χ0n) is 14.9. The molecule has 0 unspecified atom stereocenters. The maximum atomic E-state index is 12.6. The van der Waals surface area contributed by atoms with Crippen molar-refractivity contribution in [1.29, 1.82) is 0 Å². The molecule has 0 N–H and O–H groups in total. The molecule has 1 heterocycles. The number of hydrogen-bond acceptors (Lipinski definition) is 2. The molecule has 2 amide bonds. The Morgan fingerprint density at radius 2 is 1.81 bits per heavy atom. The average Bonchev–Trinajstić information content (AvgIpc) is 2.96. The highest BCUT2D eigenvalue weighted by atomic mass is 19.4. The third-order valence-electron chi connectivity index (χ3n) is 5.76. The maximum absolute atomic E-state index is 12.6. The van der Waals surface area contributed by atoms with Gasteiger partial charge < -0.3 is 9.80 Å². The van der Waals surface area contributed by atoms with Crippen LogP contribution in [0.3, 0.4) is 0 Å². The average molecular weight is 368 g/mol. The van der Waals surface area contributed by atoms with Crippen molar-refractivity contribution < 1.29 is 22.8 Å². The van der Waals surface area contributed by atoms with E-state index < -0.39 is 11.7 Å². The number of carbonyl (C=O) groups is 2. The van der Waals surface area contributed by atoms with Crippen LogP contribution in [0.1, 0.15) is 30.4 Å². The van der Waals surface area contributed by atoms with Gasteiger partial charge in [0.15, 0.2) is 0 Å². The van der Waals surface area contributed by atoms with Crippen LogP contribution in [0.15, 0.2) is 24.3 Å². The first kappa shape index (κ1) is 18.7. The van der Waals surface area contributed by atoms with Gasteiger partial charge in [-0.2, -0.15) is 13.2 Å². The fraction of sp³-hybridized carbons (Fsp3) is 0.579. The highest BCUT2D eigenvalue weighted by Crippen LogP contribution is 2.40. The summed E-state index contributed by atoms with van der Waals surface area (Å²) in [6, 6.07) is 4.82. The van der Waals surface area contributed by atoms with Gasteiger partial charge in [-0.05, 0) is 42.4 Å². The monoisotopic (exact) mass is 368 g/mol. The Balaban J connectivity index is 1.59. The second-order valence-corrected chi connectivity index (χ2v) is 7.50. The van der Waals surface area contributed by atoms with Crippen LogP contribution >= 0.6 is 0 Å². The first-order valence-corrected chi connectivity index (χ1v) is 8.81. The van der Waals surface area contributed by atoms with Crippen molar-refractivity contribution in [2.75, 3.05) is 20.6 Å². The number of amides is 2. The summed E-state index contributed by atoms with van der Waals surface area (Å²) in [5, 5.41) is 0.